The summed E-state index contributed by atoms with van der Waals surface area (Å²) in [5.74, 6) is 1.00. The van der Waals surface area contributed by atoms with Gasteiger partial charge in [0.25, 0.3) is 0 Å². The molecule has 0 aliphatic carbocycles. The highest BCUT2D eigenvalue weighted by Crippen LogP contribution is 2.18. The molecule has 0 saturated carbocycles. The summed E-state index contributed by atoms with van der Waals surface area (Å²) in [6.45, 7) is 4.14. The van der Waals surface area contributed by atoms with E-state index in [1.54, 1.807) is 4.57 Å². The Morgan fingerprint density at radius 2 is 2.00 bits per heavy atom. The van der Waals surface area contributed by atoms with Gasteiger partial charge in [0.15, 0.2) is 10.6 Å². The molecule has 3 aromatic rings. The fourth-order valence-corrected chi connectivity index (χ4v) is 2.97. The van der Waals surface area contributed by atoms with Crippen LogP contribution in [0.25, 0.3) is 11.4 Å². The number of ether oxygens (including phenoxy) is 1. The quantitative estimate of drug-likeness (QED) is 0.495. The summed E-state index contributed by atoms with van der Waals surface area (Å²) in [5.41, 5.74) is 3.07. The first kappa shape index (κ1) is 20.8. The Balaban J connectivity index is 1.54. The summed E-state index contributed by atoms with van der Waals surface area (Å²) in [7, 11) is 0. The van der Waals surface area contributed by atoms with Crippen molar-refractivity contribution in [3.05, 3.63) is 64.4 Å². The number of nitrogens with zero attached hydrogens (tertiary/aromatic N) is 2. The summed E-state index contributed by atoms with van der Waals surface area (Å²) in [6.07, 6.45) is -0.826. The predicted molar refractivity (Wildman–Crippen MR) is 113 cm³/mol. The highest BCUT2D eigenvalue weighted by atomic mass is 32.1. The fraction of sp³-hybridized carbons (Fsp3) is 0.286. The minimum atomic E-state index is -0.826. The Morgan fingerprint density at radius 3 is 2.72 bits per heavy atom. The van der Waals surface area contributed by atoms with E-state index in [1.165, 1.54) is 0 Å². The Hall–Kier alpha value is -2.97. The molecule has 3 rings (SSSR count). The number of nitrogens with one attached hydrogen (secondary N) is 2. The molecule has 0 bridgehead atoms. The van der Waals surface area contributed by atoms with E-state index in [1.807, 2.05) is 62.4 Å². The number of aliphatic hydroxyl groups is 1. The number of hydrogen-bond acceptors (Lipinski definition) is 5. The minimum absolute atomic E-state index is 0.00397. The Morgan fingerprint density at radius 1 is 1.24 bits per heavy atom. The van der Waals surface area contributed by atoms with Crippen molar-refractivity contribution in [3.63, 3.8) is 0 Å². The van der Waals surface area contributed by atoms with Gasteiger partial charge in [0.1, 0.15) is 25.0 Å². The first-order valence-corrected chi connectivity index (χ1v) is 9.69. The summed E-state index contributed by atoms with van der Waals surface area (Å²) in [5, 5.41) is 19.7. The number of aryl methyl sites for hydroxylation is 2. The molecule has 0 spiro atoms. The maximum Gasteiger partial charge on any atom is 0.240 e. The molecule has 8 heteroatoms. The van der Waals surface area contributed by atoms with Crippen LogP contribution in [0.4, 0.5) is 0 Å². The topological polar surface area (TPSA) is 92.2 Å². The lowest BCUT2D eigenvalue weighted by molar-refractivity contribution is -0.122. The van der Waals surface area contributed by atoms with E-state index in [2.05, 4.69) is 15.5 Å². The van der Waals surface area contributed by atoms with Gasteiger partial charge in [-0.25, -0.2) is 0 Å². The molecular weight excluding hydrogens is 388 g/mol. The van der Waals surface area contributed by atoms with Crippen LogP contribution in [0.1, 0.15) is 11.1 Å². The highest BCUT2D eigenvalue weighted by molar-refractivity contribution is 7.71. The third-order valence-corrected chi connectivity index (χ3v) is 4.65. The van der Waals surface area contributed by atoms with Gasteiger partial charge in [-0.1, -0.05) is 42.0 Å². The molecule has 1 aromatic heterocycles. The molecule has 1 atom stereocenters. The number of aromatic amines is 1. The zero-order valence-corrected chi connectivity index (χ0v) is 17.2. The number of rotatable bonds is 8. The number of carbonyl (C=O) groups is 1. The first-order chi connectivity index (χ1) is 13.9. The van der Waals surface area contributed by atoms with Crippen LogP contribution >= 0.6 is 12.2 Å². The Labute approximate surface area is 174 Å². The summed E-state index contributed by atoms with van der Waals surface area (Å²) >= 11 is 5.25. The van der Waals surface area contributed by atoms with Crippen LogP contribution in [0.2, 0.25) is 0 Å². The Kier molecular flexibility index (Phi) is 6.79. The van der Waals surface area contributed by atoms with Crippen molar-refractivity contribution < 1.29 is 14.6 Å². The largest absolute Gasteiger partial charge is 0.491 e. The van der Waals surface area contributed by atoms with Crippen LogP contribution < -0.4 is 10.1 Å². The number of benzene rings is 2. The summed E-state index contributed by atoms with van der Waals surface area (Å²) < 4.78 is 7.54. The third-order valence-electron chi connectivity index (χ3n) is 4.34. The molecule has 7 nitrogen and oxygen atoms in total. The van der Waals surface area contributed by atoms with Crippen LogP contribution in [0, 0.1) is 18.6 Å². The third kappa shape index (κ3) is 5.75. The number of H-pyrrole nitrogens is 1. The lowest BCUT2D eigenvalue weighted by atomic mass is 10.1. The summed E-state index contributed by atoms with van der Waals surface area (Å²) in [4.78, 5) is 12.4. The van der Waals surface area contributed by atoms with Gasteiger partial charge >= 0.3 is 0 Å². The van der Waals surface area contributed by atoms with Gasteiger partial charge in [0.05, 0.1) is 0 Å². The molecule has 0 saturated heterocycles. The van der Waals surface area contributed by atoms with Crippen molar-refractivity contribution in [2.24, 2.45) is 0 Å². The van der Waals surface area contributed by atoms with E-state index in [0.717, 1.165) is 16.7 Å². The molecule has 152 valence electrons. The molecule has 3 N–H and O–H groups in total. The van der Waals surface area contributed by atoms with Crippen molar-refractivity contribution in [1.82, 2.24) is 20.1 Å². The molecule has 1 heterocycles. The minimum Gasteiger partial charge on any atom is -0.491 e. The molecule has 29 heavy (non-hydrogen) atoms. The second kappa shape index (κ2) is 9.49. The molecule has 0 fully saturated rings. The van der Waals surface area contributed by atoms with Crippen LogP contribution in [-0.2, 0) is 11.3 Å². The number of aliphatic hydroxyl groups excluding tert-OH is 1. The average molecular weight is 413 g/mol. The van der Waals surface area contributed by atoms with E-state index >= 15 is 0 Å². The van der Waals surface area contributed by atoms with E-state index < -0.39 is 6.10 Å². The van der Waals surface area contributed by atoms with Gasteiger partial charge in [-0.3, -0.25) is 14.5 Å². The van der Waals surface area contributed by atoms with Crippen LogP contribution in [0.15, 0.2) is 48.5 Å². The van der Waals surface area contributed by atoms with Crippen molar-refractivity contribution in [3.8, 4) is 17.1 Å². The number of hydrogen-bond donors (Lipinski definition) is 3. The number of aromatic nitrogens is 3. The van der Waals surface area contributed by atoms with E-state index in [0.29, 0.717) is 16.3 Å². The van der Waals surface area contributed by atoms with Crippen LogP contribution in [0.3, 0.4) is 0 Å². The monoisotopic (exact) mass is 412 g/mol. The first-order valence-electron chi connectivity index (χ1n) is 9.29. The zero-order chi connectivity index (χ0) is 20.8. The standard InChI is InChI=1S/C21H24N4O3S/c1-14-6-8-16(9-7-14)20-23-24-21(29)25(20)12-19(27)22-11-17(26)13-28-18-5-3-4-15(2)10-18/h3-10,17,26H,11-13H2,1-2H3,(H,22,27)(H,24,29). The van der Waals surface area contributed by atoms with Crippen LogP contribution in [-0.4, -0.2) is 45.0 Å². The molecule has 1 amide bonds. The zero-order valence-electron chi connectivity index (χ0n) is 16.4. The van der Waals surface area contributed by atoms with Gasteiger partial charge in [0.2, 0.25) is 5.91 Å². The number of amides is 1. The van der Waals surface area contributed by atoms with E-state index in [9.17, 15) is 9.90 Å². The predicted octanol–water partition coefficient (Wildman–Crippen LogP) is 2.78. The van der Waals surface area contributed by atoms with Crippen LogP contribution in [0.5, 0.6) is 5.75 Å². The normalized spacial score (nSPS) is 11.8. The second-order valence-electron chi connectivity index (χ2n) is 6.89. The molecule has 0 aliphatic rings. The van der Waals surface area contributed by atoms with E-state index in [-0.39, 0.29) is 25.6 Å². The lowest BCUT2D eigenvalue weighted by Crippen LogP contribution is -2.37. The van der Waals surface area contributed by atoms with Gasteiger partial charge in [-0.2, -0.15) is 5.10 Å². The second-order valence-corrected chi connectivity index (χ2v) is 7.28. The maximum atomic E-state index is 12.4. The fourth-order valence-electron chi connectivity index (χ4n) is 2.78. The SMILES string of the molecule is Cc1ccc(-c2n[nH]c(=S)n2CC(=O)NCC(O)COc2cccc(C)c2)cc1. The molecule has 0 aliphatic heterocycles. The average Bonchev–Trinajstić information content (AvgIpc) is 3.06. The van der Waals surface area contributed by atoms with Gasteiger partial charge in [0, 0.05) is 12.1 Å². The summed E-state index contributed by atoms with van der Waals surface area (Å²) in [6, 6.07) is 15.4. The van der Waals surface area contributed by atoms with Crippen molar-refractivity contribution in [2.45, 2.75) is 26.5 Å². The molecule has 1 unspecified atom stereocenters. The van der Waals surface area contributed by atoms with Crippen molar-refractivity contribution in [2.75, 3.05) is 13.2 Å². The van der Waals surface area contributed by atoms with Gasteiger partial charge in [-0.05, 0) is 43.8 Å². The Bertz CT molecular complexity index is 1030. The lowest BCUT2D eigenvalue weighted by Gasteiger charge is -2.14. The van der Waals surface area contributed by atoms with E-state index in [4.69, 9.17) is 17.0 Å². The smallest absolute Gasteiger partial charge is 0.240 e. The van der Waals surface area contributed by atoms with Crippen molar-refractivity contribution >= 4 is 18.1 Å². The molecule has 0 radical (unpaired) electrons. The molecular formula is C21H24N4O3S. The maximum absolute atomic E-state index is 12.4. The van der Waals surface area contributed by atoms with Crippen molar-refractivity contribution in [1.29, 1.82) is 0 Å². The van der Waals surface area contributed by atoms with Gasteiger partial charge in [-0.15, -0.1) is 0 Å². The number of carbonyl (C=O) groups excluding carboxylic acids is 1. The van der Waals surface area contributed by atoms with Gasteiger partial charge < -0.3 is 15.2 Å². The molecule has 2 aromatic carbocycles. The highest BCUT2D eigenvalue weighted by Gasteiger charge is 2.14.